The third kappa shape index (κ3) is 5.10. The van der Waals surface area contributed by atoms with E-state index in [2.05, 4.69) is 26.1 Å². The number of nitrogens with zero attached hydrogens (tertiary/aromatic N) is 3. The number of amides is 1. The molecule has 3 aromatic rings. The molecule has 0 aliphatic rings. The second-order valence-corrected chi connectivity index (χ2v) is 6.70. The van der Waals surface area contributed by atoms with Crippen molar-refractivity contribution in [2.45, 2.75) is 6.54 Å². The van der Waals surface area contributed by atoms with Gasteiger partial charge in [0.1, 0.15) is 12.1 Å². The van der Waals surface area contributed by atoms with Gasteiger partial charge in [-0.05, 0) is 35.9 Å². The van der Waals surface area contributed by atoms with Gasteiger partial charge in [-0.2, -0.15) is 0 Å². The van der Waals surface area contributed by atoms with Crippen molar-refractivity contribution in [2.24, 2.45) is 0 Å². The summed E-state index contributed by atoms with van der Waals surface area (Å²) in [4.78, 5) is 30.8. The van der Waals surface area contributed by atoms with E-state index in [0.717, 1.165) is 6.33 Å². The molecule has 1 amide bonds. The van der Waals surface area contributed by atoms with Gasteiger partial charge >= 0.3 is 5.69 Å². The Morgan fingerprint density at radius 3 is 2.47 bits per heavy atom. The van der Waals surface area contributed by atoms with E-state index >= 15 is 0 Å². The first kappa shape index (κ1) is 21.2. The molecule has 0 radical (unpaired) electrons. The number of hydrogen-bond acceptors (Lipinski definition) is 7. The Hall–Kier alpha value is -3.50. The number of halogens is 3. The Labute approximate surface area is 179 Å². The lowest BCUT2D eigenvalue weighted by Gasteiger charge is -2.11. The standard InChI is InChI=1S/C18H13Cl2FN6O3/c19-11-3-6-13(14(20)7-11)18(28)26-25-17-15(27(29)30)16(23-9-24-17)22-8-10-1-4-12(21)5-2-10/h1-7,9H,8H2,(H,26,28)(H2,22,23,24,25). The van der Waals surface area contributed by atoms with Gasteiger partial charge in [0.25, 0.3) is 5.91 Å². The summed E-state index contributed by atoms with van der Waals surface area (Å²) in [6, 6.07) is 9.89. The minimum absolute atomic E-state index is 0.0828. The van der Waals surface area contributed by atoms with Crippen LogP contribution in [0, 0.1) is 15.9 Å². The van der Waals surface area contributed by atoms with Crippen molar-refractivity contribution in [1.82, 2.24) is 15.4 Å². The summed E-state index contributed by atoms with van der Waals surface area (Å²) in [7, 11) is 0. The first-order chi connectivity index (χ1) is 14.3. The van der Waals surface area contributed by atoms with Gasteiger partial charge in [0, 0.05) is 11.6 Å². The van der Waals surface area contributed by atoms with Crippen LogP contribution in [0.1, 0.15) is 15.9 Å². The summed E-state index contributed by atoms with van der Waals surface area (Å²) in [6.45, 7) is 0.157. The maximum absolute atomic E-state index is 13.0. The summed E-state index contributed by atoms with van der Waals surface area (Å²) in [5, 5.41) is 14.8. The SMILES string of the molecule is O=C(NNc1ncnc(NCc2ccc(F)cc2)c1[N+](=O)[O-])c1ccc(Cl)cc1Cl. The highest BCUT2D eigenvalue weighted by Crippen LogP contribution is 2.29. The number of benzene rings is 2. The molecule has 1 aromatic heterocycles. The highest BCUT2D eigenvalue weighted by molar-refractivity contribution is 6.36. The average molecular weight is 451 g/mol. The molecule has 0 spiro atoms. The van der Waals surface area contributed by atoms with E-state index in [1.165, 1.54) is 42.5 Å². The van der Waals surface area contributed by atoms with Crippen molar-refractivity contribution in [2.75, 3.05) is 10.7 Å². The number of rotatable bonds is 7. The zero-order valence-corrected chi connectivity index (χ0v) is 16.5. The van der Waals surface area contributed by atoms with Crippen molar-refractivity contribution >= 4 is 46.4 Å². The van der Waals surface area contributed by atoms with Crippen molar-refractivity contribution in [3.05, 3.63) is 85.9 Å². The summed E-state index contributed by atoms with van der Waals surface area (Å²) in [6.07, 6.45) is 1.09. The Balaban J connectivity index is 1.76. The van der Waals surface area contributed by atoms with Crippen LogP contribution in [-0.4, -0.2) is 20.8 Å². The number of aromatic nitrogens is 2. The third-order valence-corrected chi connectivity index (χ3v) is 4.40. The summed E-state index contributed by atoms with van der Waals surface area (Å²) >= 11 is 11.8. The molecule has 154 valence electrons. The molecule has 0 bridgehead atoms. The summed E-state index contributed by atoms with van der Waals surface area (Å²) in [5.74, 6) is -1.36. The van der Waals surface area contributed by atoms with Gasteiger partial charge in [0.05, 0.1) is 15.5 Å². The van der Waals surface area contributed by atoms with Gasteiger partial charge in [-0.1, -0.05) is 35.3 Å². The fraction of sp³-hybridized carbons (Fsp3) is 0.0556. The topological polar surface area (TPSA) is 122 Å². The highest BCUT2D eigenvalue weighted by atomic mass is 35.5. The molecule has 0 aliphatic heterocycles. The molecule has 0 saturated carbocycles. The molecular weight excluding hydrogens is 438 g/mol. The molecule has 9 nitrogen and oxygen atoms in total. The molecule has 0 aliphatic carbocycles. The molecule has 3 rings (SSSR count). The number of carbonyl (C=O) groups is 1. The molecule has 12 heteroatoms. The molecule has 2 aromatic carbocycles. The second-order valence-electron chi connectivity index (χ2n) is 5.86. The maximum atomic E-state index is 13.0. The lowest BCUT2D eigenvalue weighted by Crippen LogP contribution is -2.30. The Morgan fingerprint density at radius 2 is 1.80 bits per heavy atom. The van der Waals surface area contributed by atoms with Crippen LogP contribution in [0.15, 0.2) is 48.8 Å². The number of anilines is 2. The smallest absolute Gasteiger partial charge is 0.354 e. The van der Waals surface area contributed by atoms with Crippen molar-refractivity contribution < 1.29 is 14.1 Å². The van der Waals surface area contributed by atoms with Gasteiger partial charge < -0.3 is 5.32 Å². The molecule has 30 heavy (non-hydrogen) atoms. The number of hydrogen-bond donors (Lipinski definition) is 3. The van der Waals surface area contributed by atoms with E-state index in [0.29, 0.717) is 10.6 Å². The van der Waals surface area contributed by atoms with Gasteiger partial charge in [-0.25, -0.2) is 14.4 Å². The zero-order valence-electron chi connectivity index (χ0n) is 15.0. The lowest BCUT2D eigenvalue weighted by atomic mass is 10.2. The number of nitro groups is 1. The van der Waals surface area contributed by atoms with Gasteiger partial charge in [0.15, 0.2) is 0 Å². The molecule has 0 saturated heterocycles. The molecule has 0 atom stereocenters. The van der Waals surface area contributed by atoms with E-state index in [9.17, 15) is 19.3 Å². The fourth-order valence-electron chi connectivity index (χ4n) is 2.42. The highest BCUT2D eigenvalue weighted by Gasteiger charge is 2.23. The van der Waals surface area contributed by atoms with Crippen LogP contribution in [-0.2, 0) is 6.54 Å². The Bertz CT molecular complexity index is 1100. The Morgan fingerprint density at radius 1 is 1.10 bits per heavy atom. The Kier molecular flexibility index (Phi) is 6.60. The van der Waals surface area contributed by atoms with Gasteiger partial charge in [0.2, 0.25) is 11.6 Å². The summed E-state index contributed by atoms with van der Waals surface area (Å²) < 4.78 is 13.0. The molecule has 3 N–H and O–H groups in total. The van der Waals surface area contributed by atoms with Crippen LogP contribution in [0.25, 0.3) is 0 Å². The van der Waals surface area contributed by atoms with Gasteiger partial charge in [-0.3, -0.25) is 25.8 Å². The third-order valence-electron chi connectivity index (χ3n) is 3.85. The van der Waals surface area contributed by atoms with E-state index in [1.807, 2.05) is 0 Å². The van der Waals surface area contributed by atoms with Crippen molar-refractivity contribution in [3.8, 4) is 0 Å². The monoisotopic (exact) mass is 450 g/mol. The second kappa shape index (κ2) is 9.33. The minimum Gasteiger partial charge on any atom is -0.360 e. The number of carbonyl (C=O) groups excluding carboxylic acids is 1. The minimum atomic E-state index is -0.698. The van der Waals surface area contributed by atoms with Crippen LogP contribution in [0.5, 0.6) is 0 Å². The number of nitrogens with one attached hydrogen (secondary N) is 3. The average Bonchev–Trinajstić information content (AvgIpc) is 2.71. The molecule has 0 unspecified atom stereocenters. The fourth-order valence-corrected chi connectivity index (χ4v) is 2.91. The first-order valence-corrected chi connectivity index (χ1v) is 9.10. The van der Waals surface area contributed by atoms with Crippen LogP contribution < -0.4 is 16.2 Å². The van der Waals surface area contributed by atoms with Crippen molar-refractivity contribution in [3.63, 3.8) is 0 Å². The van der Waals surface area contributed by atoms with E-state index in [1.54, 1.807) is 0 Å². The maximum Gasteiger partial charge on any atom is 0.354 e. The zero-order chi connectivity index (χ0) is 21.7. The van der Waals surface area contributed by atoms with Crippen LogP contribution in [0.3, 0.4) is 0 Å². The normalized spacial score (nSPS) is 10.4. The number of hydrazine groups is 1. The van der Waals surface area contributed by atoms with Crippen molar-refractivity contribution in [1.29, 1.82) is 0 Å². The molecule has 0 fully saturated rings. The van der Waals surface area contributed by atoms with Crippen LogP contribution in [0.2, 0.25) is 10.0 Å². The van der Waals surface area contributed by atoms with Crippen LogP contribution >= 0.6 is 23.2 Å². The first-order valence-electron chi connectivity index (χ1n) is 8.34. The quantitative estimate of drug-likeness (QED) is 0.364. The van der Waals surface area contributed by atoms with E-state index in [-0.39, 0.29) is 28.8 Å². The molecular formula is C18H13Cl2FN6O3. The lowest BCUT2D eigenvalue weighted by molar-refractivity contribution is -0.383. The van der Waals surface area contributed by atoms with E-state index < -0.39 is 22.3 Å². The predicted octanol–water partition coefficient (Wildman–Crippen LogP) is 4.20. The van der Waals surface area contributed by atoms with Crippen LogP contribution in [0.4, 0.5) is 21.7 Å². The largest absolute Gasteiger partial charge is 0.360 e. The van der Waals surface area contributed by atoms with Gasteiger partial charge in [-0.15, -0.1) is 0 Å². The predicted molar refractivity (Wildman–Crippen MR) is 110 cm³/mol. The van der Waals surface area contributed by atoms with E-state index in [4.69, 9.17) is 23.2 Å². The molecule has 1 heterocycles. The summed E-state index contributed by atoms with van der Waals surface area (Å²) in [5.41, 5.74) is 5.02.